The predicted molar refractivity (Wildman–Crippen MR) is 100 cm³/mol. The number of hydrogen-bond donors (Lipinski definition) is 0. The molecule has 1 aliphatic carbocycles. The van der Waals surface area contributed by atoms with Crippen molar-refractivity contribution < 1.29 is 9.47 Å². The van der Waals surface area contributed by atoms with Crippen LogP contribution in [0.4, 0.5) is 5.69 Å². The quantitative estimate of drug-likeness (QED) is 0.543. The summed E-state index contributed by atoms with van der Waals surface area (Å²) in [5.41, 5.74) is 3.16. The van der Waals surface area contributed by atoms with Gasteiger partial charge in [-0.2, -0.15) is 0 Å². The molecule has 1 aromatic heterocycles. The van der Waals surface area contributed by atoms with Gasteiger partial charge < -0.3 is 14.4 Å². The first-order chi connectivity index (χ1) is 12.6. The summed E-state index contributed by atoms with van der Waals surface area (Å²) >= 11 is 1.31. The molecule has 2 aliphatic heterocycles. The van der Waals surface area contributed by atoms with Gasteiger partial charge in [-0.25, -0.2) is 9.36 Å². The molecule has 3 heterocycles. The summed E-state index contributed by atoms with van der Waals surface area (Å²) in [6, 6.07) is 7.33. The molecule has 7 nitrogen and oxygen atoms in total. The minimum Gasteiger partial charge on any atom is -0.454 e. The number of fused-ring (bicyclic) bond motifs is 4. The van der Waals surface area contributed by atoms with Gasteiger partial charge in [-0.15, -0.1) is 0 Å². The maximum absolute atomic E-state index is 13.3. The van der Waals surface area contributed by atoms with Gasteiger partial charge in [0, 0.05) is 31.9 Å². The number of nitrogens with zero attached hydrogens (tertiary/aromatic N) is 4. The number of anilines is 1. The third kappa shape index (κ3) is 2.02. The van der Waals surface area contributed by atoms with Crippen LogP contribution >= 0.6 is 11.5 Å². The molecule has 0 saturated carbocycles. The van der Waals surface area contributed by atoms with E-state index in [1.54, 1.807) is 24.7 Å². The average molecular weight is 366 g/mol. The van der Waals surface area contributed by atoms with Crippen LogP contribution in [0.5, 0.6) is 11.5 Å². The van der Waals surface area contributed by atoms with Crippen molar-refractivity contribution >= 4 is 28.1 Å². The number of ether oxygens (including phenoxy) is 2. The number of hydrogen-bond acceptors (Lipinski definition) is 7. The highest BCUT2D eigenvalue weighted by Crippen LogP contribution is 2.43. The lowest BCUT2D eigenvalue weighted by Gasteiger charge is -2.13. The van der Waals surface area contributed by atoms with Crippen molar-refractivity contribution in [2.24, 2.45) is 0 Å². The van der Waals surface area contributed by atoms with Crippen LogP contribution < -0.4 is 19.9 Å². The summed E-state index contributed by atoms with van der Waals surface area (Å²) in [6.45, 7) is 0.192. The zero-order chi connectivity index (χ0) is 17.8. The second-order valence-corrected chi connectivity index (χ2v) is 6.98. The molecule has 0 radical (unpaired) electrons. The molecule has 0 unspecified atom stereocenters. The van der Waals surface area contributed by atoms with Gasteiger partial charge in [0.25, 0.3) is 5.56 Å². The van der Waals surface area contributed by atoms with E-state index in [0.717, 1.165) is 16.1 Å². The minimum absolute atomic E-state index is 0.129. The van der Waals surface area contributed by atoms with Gasteiger partial charge in [-0.3, -0.25) is 9.36 Å². The molecule has 0 N–H and O–H groups in total. The Hall–Kier alpha value is -3.13. The van der Waals surface area contributed by atoms with Crippen molar-refractivity contribution in [3.05, 3.63) is 47.1 Å². The third-order valence-corrected chi connectivity index (χ3v) is 5.28. The fourth-order valence-corrected chi connectivity index (χ4v) is 4.08. The molecule has 130 valence electrons. The molecule has 0 saturated heterocycles. The normalized spacial score (nSPS) is 12.8. The fraction of sp³-hybridized carbons (Fsp3) is 0.167. The average Bonchev–Trinajstić information content (AvgIpc) is 3.23. The maximum atomic E-state index is 13.3. The van der Waals surface area contributed by atoms with Crippen molar-refractivity contribution in [3.63, 3.8) is 0 Å². The van der Waals surface area contributed by atoms with Crippen molar-refractivity contribution in [3.8, 4) is 27.6 Å². The zero-order valence-corrected chi connectivity index (χ0v) is 14.9. The van der Waals surface area contributed by atoms with Crippen molar-refractivity contribution in [1.29, 1.82) is 0 Å². The van der Waals surface area contributed by atoms with Crippen LogP contribution in [-0.2, 0) is 0 Å². The molecule has 0 fully saturated rings. The van der Waals surface area contributed by atoms with Crippen LogP contribution in [0, 0.1) is 0 Å². The first kappa shape index (κ1) is 15.2. The number of aromatic nitrogens is 3. The Morgan fingerprint density at radius 1 is 1.19 bits per heavy atom. The lowest BCUT2D eigenvalue weighted by atomic mass is 10.2. The van der Waals surface area contributed by atoms with Crippen molar-refractivity contribution in [2.75, 3.05) is 25.8 Å². The molecular formula is C18H14N4O3S. The molecule has 0 spiro atoms. The fourth-order valence-electron chi connectivity index (χ4n) is 3.32. The van der Waals surface area contributed by atoms with E-state index in [4.69, 9.17) is 9.47 Å². The van der Waals surface area contributed by atoms with Crippen LogP contribution in [0.3, 0.4) is 0 Å². The molecule has 0 atom stereocenters. The van der Waals surface area contributed by atoms with Gasteiger partial charge in [0.05, 0.1) is 21.6 Å². The largest absolute Gasteiger partial charge is 0.454 e. The van der Waals surface area contributed by atoms with E-state index < -0.39 is 0 Å². The van der Waals surface area contributed by atoms with Crippen LogP contribution in [0.25, 0.3) is 27.0 Å². The predicted octanol–water partition coefficient (Wildman–Crippen LogP) is 2.74. The van der Waals surface area contributed by atoms with E-state index in [1.807, 2.05) is 31.1 Å². The van der Waals surface area contributed by atoms with Gasteiger partial charge >= 0.3 is 0 Å². The maximum Gasteiger partial charge on any atom is 0.267 e. The van der Waals surface area contributed by atoms with Crippen LogP contribution in [-0.4, -0.2) is 34.8 Å². The summed E-state index contributed by atoms with van der Waals surface area (Å²) < 4.78 is 16.5. The Labute approximate surface area is 152 Å². The Kier molecular flexibility index (Phi) is 3.17. The van der Waals surface area contributed by atoms with Crippen LogP contribution in [0.1, 0.15) is 0 Å². The highest BCUT2D eigenvalue weighted by atomic mass is 32.1. The van der Waals surface area contributed by atoms with Crippen LogP contribution in [0.2, 0.25) is 0 Å². The monoisotopic (exact) mass is 366 g/mol. The lowest BCUT2D eigenvalue weighted by molar-refractivity contribution is 0.174. The Morgan fingerprint density at radius 2 is 2.04 bits per heavy atom. The standard InChI is InChI=1S/C18H14N4O3S/c1-21(2)16-11-5-6-20-26-17(11)14-15(16)19-8-22(18(14)23)10-3-4-12-13(7-10)25-9-24-12/h3-8H,9H2,1-2H3. The Balaban J connectivity index is 1.81. The van der Waals surface area contributed by atoms with E-state index >= 15 is 0 Å². The van der Waals surface area contributed by atoms with E-state index in [0.29, 0.717) is 28.1 Å². The van der Waals surface area contributed by atoms with Gasteiger partial charge in [0.1, 0.15) is 11.8 Å². The summed E-state index contributed by atoms with van der Waals surface area (Å²) in [4.78, 5) is 20.7. The lowest BCUT2D eigenvalue weighted by Crippen LogP contribution is -2.18. The molecule has 2 aromatic rings. The topological polar surface area (TPSA) is 69.5 Å². The van der Waals surface area contributed by atoms with Gasteiger partial charge in [0.2, 0.25) is 6.79 Å². The van der Waals surface area contributed by atoms with Gasteiger partial charge in [-0.1, -0.05) is 0 Å². The van der Waals surface area contributed by atoms with Crippen LogP contribution in [0.15, 0.2) is 41.6 Å². The summed E-state index contributed by atoms with van der Waals surface area (Å²) in [5.74, 6) is 1.30. The summed E-state index contributed by atoms with van der Waals surface area (Å²) in [6.07, 6.45) is 3.31. The minimum atomic E-state index is -0.129. The first-order valence-electron chi connectivity index (χ1n) is 8.00. The molecule has 5 rings (SSSR count). The van der Waals surface area contributed by atoms with E-state index in [-0.39, 0.29) is 12.4 Å². The van der Waals surface area contributed by atoms with Gasteiger partial charge in [-0.05, 0) is 29.7 Å². The second kappa shape index (κ2) is 5.43. The highest BCUT2D eigenvalue weighted by molar-refractivity contribution is 7.10. The zero-order valence-electron chi connectivity index (χ0n) is 14.1. The van der Waals surface area contributed by atoms with Crippen molar-refractivity contribution in [2.45, 2.75) is 0 Å². The smallest absolute Gasteiger partial charge is 0.267 e. The molecule has 3 aliphatic rings. The molecule has 8 heteroatoms. The van der Waals surface area contributed by atoms with E-state index in [1.165, 1.54) is 16.1 Å². The summed E-state index contributed by atoms with van der Waals surface area (Å²) in [5, 5.41) is 0.585. The van der Waals surface area contributed by atoms with Crippen molar-refractivity contribution in [1.82, 2.24) is 13.9 Å². The molecular weight excluding hydrogens is 352 g/mol. The molecule has 0 bridgehead atoms. The van der Waals surface area contributed by atoms with E-state index in [9.17, 15) is 4.79 Å². The molecule has 0 amide bonds. The van der Waals surface area contributed by atoms with Gasteiger partial charge in [0.15, 0.2) is 11.5 Å². The third-order valence-electron chi connectivity index (χ3n) is 4.45. The Morgan fingerprint density at radius 3 is 2.88 bits per heavy atom. The number of rotatable bonds is 2. The second-order valence-electron chi connectivity index (χ2n) is 6.18. The first-order valence-corrected chi connectivity index (χ1v) is 8.77. The van der Waals surface area contributed by atoms with E-state index in [2.05, 4.69) is 9.36 Å². The Bertz CT molecular complexity index is 1180. The molecule has 26 heavy (non-hydrogen) atoms. The number of benzene rings is 1. The summed E-state index contributed by atoms with van der Waals surface area (Å²) in [7, 11) is 3.90. The molecule has 1 aromatic carbocycles. The highest BCUT2D eigenvalue weighted by Gasteiger charge is 2.25. The SMILES string of the molecule is CN(C)c1c2ccnsc-2c2c(=O)n(-c3ccc4c(c3)OCO4)cnc12.